The molecular formula is C8H11Cl2N3. The van der Waals surface area contributed by atoms with Gasteiger partial charge in [-0.15, -0.1) is 0 Å². The summed E-state index contributed by atoms with van der Waals surface area (Å²) in [6.07, 6.45) is 4.22. The topological polar surface area (TPSA) is 38.7 Å². The van der Waals surface area contributed by atoms with Gasteiger partial charge in [0.25, 0.3) is 0 Å². The van der Waals surface area contributed by atoms with E-state index in [1.54, 1.807) is 0 Å². The van der Waals surface area contributed by atoms with Crippen LogP contribution in [-0.4, -0.2) is 15.0 Å². The summed E-state index contributed by atoms with van der Waals surface area (Å²) in [5, 5.41) is 0.345. The summed E-state index contributed by atoms with van der Waals surface area (Å²) < 4.78 is 0. The Morgan fingerprint density at radius 2 is 1.62 bits per heavy atom. The molecular weight excluding hydrogens is 209 g/mol. The zero-order chi connectivity index (χ0) is 9.68. The maximum Gasteiger partial charge on any atom is 0.226 e. The minimum absolute atomic E-state index is 0.173. The lowest BCUT2D eigenvalue weighted by atomic mass is 10.2. The Hall–Kier alpha value is -0.410. The number of aromatic nitrogens is 3. The molecule has 72 valence electrons. The van der Waals surface area contributed by atoms with Gasteiger partial charge in [0.1, 0.15) is 5.82 Å². The van der Waals surface area contributed by atoms with E-state index in [4.69, 9.17) is 23.2 Å². The summed E-state index contributed by atoms with van der Waals surface area (Å²) in [6.45, 7) is 2.15. The molecule has 1 heterocycles. The lowest BCUT2D eigenvalue weighted by Crippen LogP contribution is -1.98. The van der Waals surface area contributed by atoms with Crippen molar-refractivity contribution in [3.8, 4) is 0 Å². The molecule has 0 spiro atoms. The third-order valence-corrected chi connectivity index (χ3v) is 1.97. The molecule has 3 nitrogen and oxygen atoms in total. The Balaban J connectivity index is 2.56. The van der Waals surface area contributed by atoms with E-state index >= 15 is 0 Å². The van der Waals surface area contributed by atoms with Gasteiger partial charge in [0.05, 0.1) is 0 Å². The van der Waals surface area contributed by atoms with Gasteiger partial charge in [-0.3, -0.25) is 0 Å². The number of rotatable bonds is 4. The lowest BCUT2D eigenvalue weighted by Gasteiger charge is -1.99. The number of halogens is 2. The van der Waals surface area contributed by atoms with Crippen LogP contribution in [0.3, 0.4) is 0 Å². The van der Waals surface area contributed by atoms with Gasteiger partial charge in [0.2, 0.25) is 10.6 Å². The van der Waals surface area contributed by atoms with E-state index < -0.39 is 0 Å². The molecule has 0 aliphatic rings. The average Bonchev–Trinajstić information content (AvgIpc) is 2.03. The standard InChI is InChI=1S/C8H11Cl2N3/c1-2-3-4-5-6-11-7(9)13-8(10)12-6/h2-5H2,1H3. The molecule has 0 aromatic carbocycles. The third-order valence-electron chi connectivity index (χ3n) is 1.63. The fourth-order valence-corrected chi connectivity index (χ4v) is 1.41. The van der Waals surface area contributed by atoms with Gasteiger partial charge in [-0.2, -0.15) is 4.98 Å². The van der Waals surface area contributed by atoms with E-state index in [1.165, 1.54) is 12.8 Å². The molecule has 0 unspecified atom stereocenters. The number of unbranched alkanes of at least 4 members (excludes halogenated alkanes) is 2. The van der Waals surface area contributed by atoms with Gasteiger partial charge in [0, 0.05) is 6.42 Å². The fourth-order valence-electron chi connectivity index (χ4n) is 1.01. The van der Waals surface area contributed by atoms with Crippen molar-refractivity contribution in [2.45, 2.75) is 32.6 Å². The zero-order valence-electron chi connectivity index (χ0n) is 7.43. The van der Waals surface area contributed by atoms with E-state index in [-0.39, 0.29) is 10.6 Å². The molecule has 0 N–H and O–H groups in total. The third kappa shape index (κ3) is 3.87. The fraction of sp³-hybridized carbons (Fsp3) is 0.625. The summed E-state index contributed by atoms with van der Waals surface area (Å²) >= 11 is 11.2. The first kappa shape index (κ1) is 10.7. The lowest BCUT2D eigenvalue weighted by molar-refractivity contribution is 0.690. The molecule has 5 heteroatoms. The average molecular weight is 220 g/mol. The van der Waals surface area contributed by atoms with Crippen molar-refractivity contribution >= 4 is 23.2 Å². The maximum atomic E-state index is 5.62. The first-order valence-electron chi connectivity index (χ1n) is 4.28. The molecule has 1 aromatic heterocycles. The maximum absolute atomic E-state index is 5.62. The minimum atomic E-state index is 0.173. The van der Waals surface area contributed by atoms with Gasteiger partial charge in [-0.05, 0) is 29.6 Å². The predicted molar refractivity (Wildman–Crippen MR) is 53.1 cm³/mol. The summed E-state index contributed by atoms with van der Waals surface area (Å²) in [7, 11) is 0. The van der Waals surface area contributed by atoms with Crippen molar-refractivity contribution in [2.75, 3.05) is 0 Å². The number of nitrogens with zero attached hydrogens (tertiary/aromatic N) is 3. The molecule has 1 rings (SSSR count). The van der Waals surface area contributed by atoms with Gasteiger partial charge in [-0.25, -0.2) is 9.97 Å². The molecule has 0 saturated heterocycles. The second-order valence-corrected chi connectivity index (χ2v) is 3.42. The molecule has 0 bridgehead atoms. The van der Waals surface area contributed by atoms with Crippen molar-refractivity contribution < 1.29 is 0 Å². The van der Waals surface area contributed by atoms with Crippen LogP contribution < -0.4 is 0 Å². The first-order valence-corrected chi connectivity index (χ1v) is 5.04. The second kappa shape index (κ2) is 5.35. The Bertz CT molecular complexity index is 258. The summed E-state index contributed by atoms with van der Waals surface area (Å²) in [5.74, 6) is 0.679. The highest BCUT2D eigenvalue weighted by Crippen LogP contribution is 2.08. The van der Waals surface area contributed by atoms with Crippen LogP contribution in [0.1, 0.15) is 32.0 Å². The summed E-state index contributed by atoms with van der Waals surface area (Å²) in [6, 6.07) is 0. The largest absolute Gasteiger partial charge is 0.226 e. The van der Waals surface area contributed by atoms with Crippen LogP contribution in [-0.2, 0) is 6.42 Å². The Kier molecular flexibility index (Phi) is 4.39. The molecule has 0 fully saturated rings. The highest BCUT2D eigenvalue weighted by Gasteiger charge is 2.01. The van der Waals surface area contributed by atoms with Crippen LogP contribution in [0.25, 0.3) is 0 Å². The van der Waals surface area contributed by atoms with Gasteiger partial charge >= 0.3 is 0 Å². The first-order chi connectivity index (χ1) is 6.22. The zero-order valence-corrected chi connectivity index (χ0v) is 8.94. The van der Waals surface area contributed by atoms with Crippen molar-refractivity contribution in [1.29, 1.82) is 0 Å². The van der Waals surface area contributed by atoms with Crippen LogP contribution in [0.2, 0.25) is 10.6 Å². The van der Waals surface area contributed by atoms with E-state index in [1.807, 2.05) is 0 Å². The molecule has 0 atom stereocenters. The van der Waals surface area contributed by atoms with Crippen molar-refractivity contribution in [1.82, 2.24) is 15.0 Å². The van der Waals surface area contributed by atoms with Gasteiger partial charge < -0.3 is 0 Å². The second-order valence-electron chi connectivity index (χ2n) is 2.75. The monoisotopic (exact) mass is 219 g/mol. The van der Waals surface area contributed by atoms with Crippen LogP contribution in [0, 0.1) is 0 Å². The normalized spacial score (nSPS) is 10.4. The van der Waals surface area contributed by atoms with Crippen molar-refractivity contribution in [2.24, 2.45) is 0 Å². The molecule has 0 aliphatic heterocycles. The van der Waals surface area contributed by atoms with E-state index in [0.29, 0.717) is 5.82 Å². The van der Waals surface area contributed by atoms with Crippen LogP contribution in [0.15, 0.2) is 0 Å². The van der Waals surface area contributed by atoms with Gasteiger partial charge in [-0.1, -0.05) is 19.8 Å². The van der Waals surface area contributed by atoms with Crippen molar-refractivity contribution in [3.05, 3.63) is 16.4 Å². The van der Waals surface area contributed by atoms with Crippen LogP contribution in [0.4, 0.5) is 0 Å². The molecule has 1 aromatic rings. The molecule has 0 amide bonds. The molecule has 0 aliphatic carbocycles. The quantitative estimate of drug-likeness (QED) is 0.732. The van der Waals surface area contributed by atoms with Crippen LogP contribution >= 0.6 is 23.2 Å². The van der Waals surface area contributed by atoms with Crippen LogP contribution in [0.5, 0.6) is 0 Å². The SMILES string of the molecule is CCCCCc1nc(Cl)nc(Cl)n1. The minimum Gasteiger partial charge on any atom is -0.203 e. The molecule has 0 saturated carbocycles. The summed E-state index contributed by atoms with van der Waals surface area (Å²) in [4.78, 5) is 11.6. The Morgan fingerprint density at radius 1 is 1.00 bits per heavy atom. The highest BCUT2D eigenvalue weighted by molar-refractivity contribution is 6.30. The Morgan fingerprint density at radius 3 is 2.15 bits per heavy atom. The molecule has 13 heavy (non-hydrogen) atoms. The van der Waals surface area contributed by atoms with E-state index in [2.05, 4.69) is 21.9 Å². The number of hydrogen-bond acceptors (Lipinski definition) is 3. The molecule has 0 radical (unpaired) electrons. The summed E-state index contributed by atoms with van der Waals surface area (Å²) in [5.41, 5.74) is 0. The van der Waals surface area contributed by atoms with Crippen molar-refractivity contribution in [3.63, 3.8) is 0 Å². The predicted octanol–water partition coefficient (Wildman–Crippen LogP) is 2.91. The van der Waals surface area contributed by atoms with E-state index in [9.17, 15) is 0 Å². The Labute approximate surface area is 87.5 Å². The number of aryl methyl sites for hydroxylation is 1. The smallest absolute Gasteiger partial charge is 0.203 e. The number of hydrogen-bond donors (Lipinski definition) is 0. The van der Waals surface area contributed by atoms with Gasteiger partial charge in [0.15, 0.2) is 0 Å². The highest BCUT2D eigenvalue weighted by atomic mass is 35.5. The van der Waals surface area contributed by atoms with E-state index in [0.717, 1.165) is 12.8 Å².